The van der Waals surface area contributed by atoms with Crippen molar-refractivity contribution in [2.45, 2.75) is 46.5 Å². The van der Waals surface area contributed by atoms with Crippen LogP contribution in [0.4, 0.5) is 5.69 Å². The summed E-state index contributed by atoms with van der Waals surface area (Å²) in [6.45, 7) is 6.01. The van der Waals surface area contributed by atoms with E-state index in [2.05, 4.69) is 0 Å². The molecule has 0 fully saturated rings. The van der Waals surface area contributed by atoms with E-state index in [0.717, 1.165) is 29.7 Å². The highest BCUT2D eigenvalue weighted by atomic mass is 16.2. The van der Waals surface area contributed by atoms with E-state index < -0.39 is 0 Å². The molecule has 1 aromatic carbocycles. The van der Waals surface area contributed by atoms with Crippen LogP contribution in [-0.4, -0.2) is 17.6 Å². The van der Waals surface area contributed by atoms with Crippen LogP contribution in [0.1, 0.15) is 45.6 Å². The number of hydrogen-bond donors (Lipinski definition) is 0. The van der Waals surface area contributed by atoms with Crippen LogP contribution in [0.15, 0.2) is 36.4 Å². The predicted molar refractivity (Wildman–Crippen MR) is 90.1 cm³/mol. The molecule has 0 aliphatic carbocycles. The molecule has 1 aliphatic rings. The normalized spacial score (nSPS) is 14.7. The average molecular weight is 313 g/mol. The van der Waals surface area contributed by atoms with Gasteiger partial charge in [0, 0.05) is 24.0 Å². The van der Waals surface area contributed by atoms with Crippen LogP contribution in [0.5, 0.6) is 0 Å². The van der Waals surface area contributed by atoms with E-state index in [-0.39, 0.29) is 17.2 Å². The van der Waals surface area contributed by atoms with E-state index in [9.17, 15) is 14.4 Å². The van der Waals surface area contributed by atoms with Gasteiger partial charge in [0.05, 0.1) is 5.69 Å². The first-order valence-electron chi connectivity index (χ1n) is 8.03. The van der Waals surface area contributed by atoms with Gasteiger partial charge >= 0.3 is 0 Å². The first kappa shape index (κ1) is 17.1. The van der Waals surface area contributed by atoms with Crippen LogP contribution in [0.25, 0.3) is 0 Å². The second-order valence-corrected chi connectivity index (χ2v) is 6.53. The van der Waals surface area contributed by atoms with E-state index in [1.165, 1.54) is 12.2 Å². The lowest BCUT2D eigenvalue weighted by atomic mass is 9.83. The Bertz CT molecular complexity index is 623. The first-order valence-corrected chi connectivity index (χ1v) is 8.03. The summed E-state index contributed by atoms with van der Waals surface area (Å²) in [4.78, 5) is 36.5. The molecule has 0 unspecified atom stereocenters. The maximum absolute atomic E-state index is 12.1. The van der Waals surface area contributed by atoms with Crippen LogP contribution in [0.3, 0.4) is 0 Å². The van der Waals surface area contributed by atoms with E-state index >= 15 is 0 Å². The Balaban J connectivity index is 1.90. The Hall–Kier alpha value is -2.23. The fourth-order valence-corrected chi connectivity index (χ4v) is 2.46. The highest BCUT2D eigenvalue weighted by Crippen LogP contribution is 2.24. The summed E-state index contributed by atoms with van der Waals surface area (Å²) in [5.74, 6) is -0.318. The third-order valence-electron chi connectivity index (χ3n) is 4.51. The molecule has 4 heteroatoms. The molecule has 23 heavy (non-hydrogen) atoms. The third-order valence-corrected chi connectivity index (χ3v) is 4.51. The van der Waals surface area contributed by atoms with Crippen molar-refractivity contribution < 1.29 is 14.4 Å². The molecule has 0 N–H and O–H groups in total. The Morgan fingerprint density at radius 3 is 2.13 bits per heavy atom. The van der Waals surface area contributed by atoms with Crippen LogP contribution in [-0.2, 0) is 20.8 Å². The summed E-state index contributed by atoms with van der Waals surface area (Å²) in [5, 5.41) is 0. The quantitative estimate of drug-likeness (QED) is 0.725. The summed E-state index contributed by atoms with van der Waals surface area (Å²) in [6.07, 6.45) is 5.60. The van der Waals surface area contributed by atoms with Gasteiger partial charge in [-0.15, -0.1) is 0 Å². The maximum Gasteiger partial charge on any atom is 0.258 e. The topological polar surface area (TPSA) is 54.5 Å². The second kappa shape index (κ2) is 6.90. The molecule has 2 amide bonds. The molecule has 0 aromatic heterocycles. The number of ketones is 1. The zero-order valence-corrected chi connectivity index (χ0v) is 14.0. The van der Waals surface area contributed by atoms with Crippen molar-refractivity contribution in [2.75, 3.05) is 4.90 Å². The highest BCUT2D eigenvalue weighted by molar-refractivity contribution is 6.28. The van der Waals surface area contributed by atoms with Gasteiger partial charge in [0.1, 0.15) is 5.78 Å². The number of benzene rings is 1. The molecule has 122 valence electrons. The number of imide groups is 1. The summed E-state index contributed by atoms with van der Waals surface area (Å²) in [5.41, 5.74) is 1.44. The molecule has 0 saturated carbocycles. The summed E-state index contributed by atoms with van der Waals surface area (Å²) in [7, 11) is 0. The van der Waals surface area contributed by atoms with Crippen molar-refractivity contribution in [2.24, 2.45) is 5.41 Å². The fraction of sp³-hybridized carbons (Fsp3) is 0.421. The maximum atomic E-state index is 12.1. The van der Waals surface area contributed by atoms with Gasteiger partial charge < -0.3 is 0 Å². The van der Waals surface area contributed by atoms with E-state index in [0.29, 0.717) is 17.9 Å². The molecule has 4 nitrogen and oxygen atoms in total. The molecule has 0 radical (unpaired) electrons. The molecule has 1 heterocycles. The number of aryl methyl sites for hydroxylation is 1. The number of nitrogens with zero attached hydrogens (tertiary/aromatic N) is 1. The van der Waals surface area contributed by atoms with Gasteiger partial charge in [0.2, 0.25) is 0 Å². The standard InChI is InChI=1S/C19H23NO3/c1-4-19(2,3)16(21)7-5-6-14-8-10-15(11-9-14)20-17(22)12-13-18(20)23/h8-13H,4-7H2,1-3H3. The largest absolute Gasteiger partial charge is 0.299 e. The molecule has 0 spiro atoms. The summed E-state index contributed by atoms with van der Waals surface area (Å²) >= 11 is 0. The smallest absolute Gasteiger partial charge is 0.258 e. The van der Waals surface area contributed by atoms with Crippen LogP contribution >= 0.6 is 0 Å². The van der Waals surface area contributed by atoms with E-state index in [4.69, 9.17) is 0 Å². The molecule has 1 aliphatic heterocycles. The lowest BCUT2D eigenvalue weighted by molar-refractivity contribution is -0.127. The summed E-state index contributed by atoms with van der Waals surface area (Å²) in [6, 6.07) is 7.36. The Morgan fingerprint density at radius 1 is 1.04 bits per heavy atom. The number of carbonyl (C=O) groups excluding carboxylic acids is 3. The lowest BCUT2D eigenvalue weighted by Crippen LogP contribution is -2.29. The average Bonchev–Trinajstić information content (AvgIpc) is 2.87. The van der Waals surface area contributed by atoms with E-state index in [1.807, 2.05) is 32.9 Å². The van der Waals surface area contributed by atoms with Crippen LogP contribution < -0.4 is 4.90 Å². The van der Waals surface area contributed by atoms with Gasteiger partial charge in [-0.25, -0.2) is 4.90 Å². The third kappa shape index (κ3) is 3.95. The van der Waals surface area contributed by atoms with Gasteiger partial charge in [-0.05, 0) is 37.0 Å². The minimum Gasteiger partial charge on any atom is -0.299 e. The Labute approximate surface area is 137 Å². The number of hydrogen-bond acceptors (Lipinski definition) is 3. The number of amides is 2. The lowest BCUT2D eigenvalue weighted by Gasteiger charge is -2.20. The SMILES string of the molecule is CCC(C)(C)C(=O)CCCc1ccc(N2C(=O)C=CC2=O)cc1. The fourth-order valence-electron chi connectivity index (χ4n) is 2.46. The van der Waals surface area contributed by atoms with Crippen molar-refractivity contribution in [3.8, 4) is 0 Å². The molecule has 0 saturated heterocycles. The number of rotatable bonds is 7. The zero-order chi connectivity index (χ0) is 17.0. The van der Waals surface area contributed by atoms with E-state index in [1.54, 1.807) is 12.1 Å². The molecule has 1 aromatic rings. The minimum absolute atomic E-state index is 0.243. The van der Waals surface area contributed by atoms with Gasteiger partial charge in [0.25, 0.3) is 11.8 Å². The molecule has 0 atom stereocenters. The number of Topliss-reactive ketones (excluding diaryl/α,β-unsaturated/α-hetero) is 1. The van der Waals surface area contributed by atoms with Crippen molar-refractivity contribution in [1.82, 2.24) is 0 Å². The van der Waals surface area contributed by atoms with Crippen LogP contribution in [0.2, 0.25) is 0 Å². The van der Waals surface area contributed by atoms with Gasteiger partial charge in [0.15, 0.2) is 0 Å². The zero-order valence-electron chi connectivity index (χ0n) is 14.0. The molecule has 0 bridgehead atoms. The number of carbonyl (C=O) groups is 3. The molecular formula is C19H23NO3. The van der Waals surface area contributed by atoms with Crippen molar-refractivity contribution in [3.05, 3.63) is 42.0 Å². The van der Waals surface area contributed by atoms with Crippen molar-refractivity contribution in [1.29, 1.82) is 0 Å². The molecular weight excluding hydrogens is 290 g/mol. The van der Waals surface area contributed by atoms with Crippen molar-refractivity contribution in [3.63, 3.8) is 0 Å². The van der Waals surface area contributed by atoms with Gasteiger partial charge in [-0.1, -0.05) is 32.9 Å². The predicted octanol–water partition coefficient (Wildman–Crippen LogP) is 3.44. The van der Waals surface area contributed by atoms with Crippen LogP contribution in [0, 0.1) is 5.41 Å². The highest BCUT2D eigenvalue weighted by Gasteiger charge is 2.25. The Morgan fingerprint density at radius 2 is 1.61 bits per heavy atom. The monoisotopic (exact) mass is 313 g/mol. The van der Waals surface area contributed by atoms with Gasteiger partial charge in [-0.3, -0.25) is 14.4 Å². The summed E-state index contributed by atoms with van der Waals surface area (Å²) < 4.78 is 0. The number of anilines is 1. The van der Waals surface area contributed by atoms with Gasteiger partial charge in [-0.2, -0.15) is 0 Å². The van der Waals surface area contributed by atoms with Crippen molar-refractivity contribution >= 4 is 23.3 Å². The Kier molecular flexibility index (Phi) is 5.14. The second-order valence-electron chi connectivity index (χ2n) is 6.53. The molecule has 2 rings (SSSR count). The first-order chi connectivity index (χ1) is 10.8. The minimum atomic E-state index is -0.310.